The molecule has 1 amide bonds. The maximum Gasteiger partial charge on any atom is 0.337 e. The Morgan fingerprint density at radius 1 is 0.547 bits per heavy atom. The summed E-state index contributed by atoms with van der Waals surface area (Å²) in [4.78, 5) is 32.8. The molecule has 9 heteroatoms. The van der Waals surface area contributed by atoms with Gasteiger partial charge >= 0.3 is 5.97 Å². The molecule has 3 aromatic carbocycles. The number of unbranched alkanes of at least 4 members (excludes halogenated alkanes) is 14. The van der Waals surface area contributed by atoms with Crippen molar-refractivity contribution in [2.24, 2.45) is 0 Å². The molecule has 292 valence electrons. The molecule has 0 bridgehead atoms. The van der Waals surface area contributed by atoms with Crippen LogP contribution in [-0.4, -0.2) is 46.7 Å². The molecule has 0 aromatic heterocycles. The largest absolute Gasteiger partial charge is 0.478 e. The monoisotopic (exact) mass is 797 g/mol. The standard InChI is InChI=1S/C44H63NO4S4/c1-5-7-9-11-13-15-17-19-31-50-39-37(43(47)45-29-30-46)38(44(48)49)40(51-32-20-18-16-14-12-10-8-6-2)42(53-36-27-23-34(4)24-28-36)41(39)52-35-25-21-33(3)22-26-35/h21-28,46H,5-20,29-32H2,1-4H3,(H,45,47)(H,48,49). The van der Waals surface area contributed by atoms with Crippen molar-refractivity contribution < 1.29 is 19.8 Å². The van der Waals surface area contributed by atoms with E-state index in [0.717, 1.165) is 67.2 Å². The third-order valence-electron chi connectivity index (χ3n) is 9.13. The topological polar surface area (TPSA) is 86.6 Å². The first-order valence-electron chi connectivity index (χ1n) is 19.9. The van der Waals surface area contributed by atoms with Crippen LogP contribution in [0.15, 0.2) is 77.9 Å². The number of aromatic carboxylic acids is 1. The zero-order valence-electron chi connectivity index (χ0n) is 32.6. The molecule has 0 atom stereocenters. The lowest BCUT2D eigenvalue weighted by Gasteiger charge is -2.24. The van der Waals surface area contributed by atoms with Crippen LogP contribution >= 0.6 is 47.0 Å². The van der Waals surface area contributed by atoms with Crippen molar-refractivity contribution in [2.45, 2.75) is 160 Å². The van der Waals surface area contributed by atoms with Crippen LogP contribution in [0.5, 0.6) is 0 Å². The first-order chi connectivity index (χ1) is 25.8. The van der Waals surface area contributed by atoms with E-state index >= 15 is 0 Å². The van der Waals surface area contributed by atoms with Crippen LogP contribution in [0.1, 0.15) is 148 Å². The van der Waals surface area contributed by atoms with Gasteiger partial charge in [0.05, 0.1) is 17.7 Å². The highest BCUT2D eigenvalue weighted by atomic mass is 32.2. The van der Waals surface area contributed by atoms with Gasteiger partial charge < -0.3 is 15.5 Å². The number of aliphatic hydroxyl groups excluding tert-OH is 1. The molecule has 3 aromatic rings. The lowest BCUT2D eigenvalue weighted by molar-refractivity contribution is 0.0685. The van der Waals surface area contributed by atoms with E-state index in [1.54, 1.807) is 47.0 Å². The molecule has 0 saturated carbocycles. The van der Waals surface area contributed by atoms with Crippen molar-refractivity contribution >= 4 is 58.9 Å². The fraction of sp³-hybridized carbons (Fsp3) is 0.545. The molecule has 0 fully saturated rings. The summed E-state index contributed by atoms with van der Waals surface area (Å²) in [6, 6.07) is 16.8. The van der Waals surface area contributed by atoms with Gasteiger partial charge in [0.15, 0.2) is 0 Å². The second kappa shape index (κ2) is 26.7. The van der Waals surface area contributed by atoms with Crippen LogP contribution in [-0.2, 0) is 0 Å². The lowest BCUT2D eigenvalue weighted by atomic mass is 10.1. The highest BCUT2D eigenvalue weighted by Crippen LogP contribution is 2.52. The number of nitrogens with one attached hydrogen (secondary N) is 1. The maximum atomic E-state index is 14.1. The van der Waals surface area contributed by atoms with E-state index in [4.69, 9.17) is 0 Å². The van der Waals surface area contributed by atoms with Gasteiger partial charge in [-0.05, 0) is 62.5 Å². The number of rotatable bonds is 28. The van der Waals surface area contributed by atoms with Gasteiger partial charge in [-0.25, -0.2) is 4.79 Å². The number of carboxylic acid groups (broad SMARTS) is 1. The zero-order chi connectivity index (χ0) is 38.3. The van der Waals surface area contributed by atoms with Gasteiger partial charge in [-0.2, -0.15) is 0 Å². The quantitative estimate of drug-likeness (QED) is 0.0495. The summed E-state index contributed by atoms with van der Waals surface area (Å²) in [5, 5.41) is 23.5. The van der Waals surface area contributed by atoms with E-state index in [2.05, 4.69) is 81.5 Å². The van der Waals surface area contributed by atoms with Gasteiger partial charge in [-0.3, -0.25) is 4.79 Å². The summed E-state index contributed by atoms with van der Waals surface area (Å²) >= 11 is 6.41. The van der Waals surface area contributed by atoms with Gasteiger partial charge in [0.1, 0.15) is 0 Å². The molecular formula is C44H63NO4S4. The average molecular weight is 798 g/mol. The minimum Gasteiger partial charge on any atom is -0.478 e. The van der Waals surface area contributed by atoms with Crippen LogP contribution in [0.2, 0.25) is 0 Å². The molecule has 0 unspecified atom stereocenters. The van der Waals surface area contributed by atoms with Crippen LogP contribution < -0.4 is 5.32 Å². The molecule has 0 aliphatic carbocycles. The van der Waals surface area contributed by atoms with E-state index in [9.17, 15) is 19.8 Å². The first kappa shape index (κ1) is 45.4. The summed E-state index contributed by atoms with van der Waals surface area (Å²) in [5.74, 6) is 0.0220. The Balaban J connectivity index is 2.12. The summed E-state index contributed by atoms with van der Waals surface area (Å²) in [5.41, 5.74) is 2.62. The molecule has 0 saturated heterocycles. The van der Waals surface area contributed by atoms with Gasteiger partial charge in [0, 0.05) is 35.9 Å². The number of carbonyl (C=O) groups is 2. The van der Waals surface area contributed by atoms with Crippen LogP contribution in [0, 0.1) is 13.8 Å². The van der Waals surface area contributed by atoms with Crippen molar-refractivity contribution in [1.29, 1.82) is 0 Å². The Hall–Kier alpha value is -2.04. The fourth-order valence-corrected chi connectivity index (χ4v) is 11.1. The predicted molar refractivity (Wildman–Crippen MR) is 230 cm³/mol. The van der Waals surface area contributed by atoms with Gasteiger partial charge in [0.25, 0.3) is 5.91 Å². The first-order valence-corrected chi connectivity index (χ1v) is 23.5. The second-order valence-electron chi connectivity index (χ2n) is 13.8. The van der Waals surface area contributed by atoms with E-state index in [0.29, 0.717) is 4.90 Å². The Labute approximate surface area is 337 Å². The van der Waals surface area contributed by atoms with Crippen LogP contribution in [0.4, 0.5) is 0 Å². The molecule has 0 heterocycles. The molecular weight excluding hydrogens is 735 g/mol. The van der Waals surface area contributed by atoms with Crippen molar-refractivity contribution in [2.75, 3.05) is 24.7 Å². The van der Waals surface area contributed by atoms with Crippen molar-refractivity contribution in [1.82, 2.24) is 5.32 Å². The number of benzene rings is 3. The minimum absolute atomic E-state index is 0.0566. The number of hydrogen-bond acceptors (Lipinski definition) is 7. The lowest BCUT2D eigenvalue weighted by Crippen LogP contribution is -2.29. The number of thioether (sulfide) groups is 2. The maximum absolute atomic E-state index is 14.1. The summed E-state index contributed by atoms with van der Waals surface area (Å²) < 4.78 is 0. The van der Waals surface area contributed by atoms with E-state index < -0.39 is 11.9 Å². The number of amides is 1. The van der Waals surface area contributed by atoms with Crippen LogP contribution in [0.25, 0.3) is 0 Å². The normalized spacial score (nSPS) is 11.3. The summed E-state index contributed by atoms with van der Waals surface area (Å²) in [6.07, 6.45) is 19.2. The predicted octanol–water partition coefficient (Wildman–Crippen LogP) is 13.5. The average Bonchev–Trinajstić information content (AvgIpc) is 3.15. The van der Waals surface area contributed by atoms with E-state index in [1.165, 1.54) is 82.6 Å². The van der Waals surface area contributed by atoms with Crippen LogP contribution in [0.3, 0.4) is 0 Å². The molecule has 53 heavy (non-hydrogen) atoms. The van der Waals surface area contributed by atoms with E-state index in [1.807, 2.05) is 0 Å². The smallest absolute Gasteiger partial charge is 0.337 e. The molecule has 0 radical (unpaired) electrons. The SMILES string of the molecule is CCCCCCCCCCSc1c(Sc2ccc(C)cc2)c(Sc2ccc(C)cc2)c(SCCCCCCCCCC)c(C(=O)NCCO)c1C(=O)O. The number of aliphatic hydroxyl groups is 1. The highest BCUT2D eigenvalue weighted by Gasteiger charge is 2.32. The second-order valence-corrected chi connectivity index (χ2v) is 18.2. The number of hydrogen-bond donors (Lipinski definition) is 3. The minimum atomic E-state index is -1.09. The number of aryl methyl sites for hydroxylation is 2. The van der Waals surface area contributed by atoms with Crippen molar-refractivity contribution in [3.63, 3.8) is 0 Å². The third kappa shape index (κ3) is 16.3. The Kier molecular flexibility index (Phi) is 22.9. The molecule has 3 N–H and O–H groups in total. The zero-order valence-corrected chi connectivity index (χ0v) is 35.9. The van der Waals surface area contributed by atoms with Crippen molar-refractivity contribution in [3.8, 4) is 0 Å². The Bertz CT molecular complexity index is 1510. The summed E-state index contributed by atoms with van der Waals surface area (Å²) in [6.45, 7) is 8.46. The molecule has 0 aliphatic rings. The molecule has 5 nitrogen and oxygen atoms in total. The van der Waals surface area contributed by atoms with Gasteiger partial charge in [-0.15, -0.1) is 23.5 Å². The Morgan fingerprint density at radius 2 is 0.925 bits per heavy atom. The summed E-state index contributed by atoms with van der Waals surface area (Å²) in [7, 11) is 0. The number of carbonyl (C=O) groups excluding carboxylic acids is 1. The Morgan fingerprint density at radius 3 is 1.30 bits per heavy atom. The highest BCUT2D eigenvalue weighted by molar-refractivity contribution is 8.05. The molecule has 3 rings (SSSR count). The molecule has 0 aliphatic heterocycles. The van der Waals surface area contributed by atoms with Crippen molar-refractivity contribution in [3.05, 3.63) is 70.8 Å². The molecule has 0 spiro atoms. The third-order valence-corrected chi connectivity index (χ3v) is 14.1. The van der Waals surface area contributed by atoms with E-state index in [-0.39, 0.29) is 24.3 Å². The van der Waals surface area contributed by atoms with Gasteiger partial charge in [-0.1, -0.05) is 163 Å². The fourth-order valence-electron chi connectivity index (χ4n) is 6.07. The number of carboxylic acids is 1. The van der Waals surface area contributed by atoms with Gasteiger partial charge in [0.2, 0.25) is 0 Å².